The molecule has 1 heterocycles. The fourth-order valence-electron chi connectivity index (χ4n) is 1.95. The SMILES string of the molecule is COC(=O)CCOc1ccc(NC(=O)C2COCCN2)cc1.Cl. The van der Waals surface area contributed by atoms with E-state index in [1.54, 1.807) is 24.3 Å². The normalized spacial score (nSPS) is 16.8. The Morgan fingerprint density at radius 1 is 1.35 bits per heavy atom. The first-order chi connectivity index (χ1) is 10.7. The highest BCUT2D eigenvalue weighted by molar-refractivity contribution is 5.95. The van der Waals surface area contributed by atoms with Gasteiger partial charge in [0.2, 0.25) is 5.91 Å². The summed E-state index contributed by atoms with van der Waals surface area (Å²) in [6, 6.07) is 6.63. The maximum Gasteiger partial charge on any atom is 0.308 e. The van der Waals surface area contributed by atoms with E-state index in [2.05, 4.69) is 15.4 Å². The van der Waals surface area contributed by atoms with Gasteiger partial charge in [-0.25, -0.2) is 0 Å². The molecule has 0 spiro atoms. The van der Waals surface area contributed by atoms with Crippen molar-refractivity contribution in [3.8, 4) is 5.75 Å². The van der Waals surface area contributed by atoms with E-state index in [0.717, 1.165) is 0 Å². The molecule has 0 radical (unpaired) electrons. The summed E-state index contributed by atoms with van der Waals surface area (Å²) in [4.78, 5) is 23.0. The van der Waals surface area contributed by atoms with Crippen LogP contribution in [0.1, 0.15) is 6.42 Å². The molecule has 0 aliphatic carbocycles. The number of carbonyl (C=O) groups excluding carboxylic acids is 2. The van der Waals surface area contributed by atoms with Gasteiger partial charge in [0.05, 0.1) is 33.4 Å². The molecule has 7 nitrogen and oxygen atoms in total. The Morgan fingerprint density at radius 3 is 2.70 bits per heavy atom. The van der Waals surface area contributed by atoms with Gasteiger partial charge in [-0.05, 0) is 24.3 Å². The number of hydrogen-bond donors (Lipinski definition) is 2. The number of esters is 1. The van der Waals surface area contributed by atoms with E-state index in [1.807, 2.05) is 0 Å². The van der Waals surface area contributed by atoms with Crippen molar-refractivity contribution >= 4 is 30.0 Å². The number of nitrogens with one attached hydrogen (secondary N) is 2. The van der Waals surface area contributed by atoms with Crippen molar-refractivity contribution in [2.45, 2.75) is 12.5 Å². The first-order valence-electron chi connectivity index (χ1n) is 7.10. The molecular weight excluding hydrogens is 324 g/mol. The van der Waals surface area contributed by atoms with Crippen LogP contribution in [0.4, 0.5) is 5.69 Å². The van der Waals surface area contributed by atoms with Gasteiger partial charge in [-0.2, -0.15) is 0 Å². The van der Waals surface area contributed by atoms with E-state index in [0.29, 0.717) is 31.2 Å². The van der Waals surface area contributed by atoms with E-state index < -0.39 is 0 Å². The van der Waals surface area contributed by atoms with Crippen LogP contribution in [0, 0.1) is 0 Å². The van der Waals surface area contributed by atoms with Gasteiger partial charge in [0.15, 0.2) is 0 Å². The molecule has 2 rings (SSSR count). The molecule has 1 saturated heterocycles. The fraction of sp³-hybridized carbons (Fsp3) is 0.467. The van der Waals surface area contributed by atoms with E-state index in [9.17, 15) is 9.59 Å². The van der Waals surface area contributed by atoms with Crippen LogP contribution < -0.4 is 15.4 Å². The zero-order valence-corrected chi connectivity index (χ0v) is 13.7. The number of halogens is 1. The Bertz CT molecular complexity index is 503. The summed E-state index contributed by atoms with van der Waals surface area (Å²) in [6.45, 7) is 1.93. The monoisotopic (exact) mass is 344 g/mol. The van der Waals surface area contributed by atoms with Crippen LogP contribution in [0.25, 0.3) is 0 Å². The quantitative estimate of drug-likeness (QED) is 0.748. The lowest BCUT2D eigenvalue weighted by atomic mass is 10.2. The maximum atomic E-state index is 12.0. The van der Waals surface area contributed by atoms with Crippen molar-refractivity contribution < 1.29 is 23.8 Å². The molecule has 23 heavy (non-hydrogen) atoms. The Balaban J connectivity index is 0.00000264. The molecule has 1 aliphatic rings. The van der Waals surface area contributed by atoms with Gasteiger partial charge in [-0.15, -0.1) is 12.4 Å². The highest BCUT2D eigenvalue weighted by Gasteiger charge is 2.20. The molecule has 0 aromatic heterocycles. The van der Waals surface area contributed by atoms with Crippen LogP contribution >= 0.6 is 12.4 Å². The minimum Gasteiger partial charge on any atom is -0.493 e. The highest BCUT2D eigenvalue weighted by Crippen LogP contribution is 2.16. The minimum absolute atomic E-state index is 0. The number of methoxy groups -OCH3 is 1. The lowest BCUT2D eigenvalue weighted by Gasteiger charge is -2.22. The van der Waals surface area contributed by atoms with E-state index in [4.69, 9.17) is 9.47 Å². The summed E-state index contributed by atoms with van der Waals surface area (Å²) in [7, 11) is 1.34. The number of carbonyl (C=O) groups is 2. The van der Waals surface area contributed by atoms with Crippen molar-refractivity contribution in [3.63, 3.8) is 0 Å². The van der Waals surface area contributed by atoms with Crippen LogP contribution in [0.2, 0.25) is 0 Å². The molecule has 1 fully saturated rings. The summed E-state index contributed by atoms with van der Waals surface area (Å²) < 4.78 is 15.2. The number of benzene rings is 1. The van der Waals surface area contributed by atoms with Crippen LogP contribution in [0.15, 0.2) is 24.3 Å². The standard InChI is InChI=1S/C15H20N2O5.ClH/c1-20-14(18)6-8-22-12-4-2-11(3-5-12)17-15(19)13-10-21-9-7-16-13;/h2-5,13,16H,6-10H2,1H3,(H,17,19);1H. The van der Waals surface area contributed by atoms with Crippen molar-refractivity contribution in [1.82, 2.24) is 5.32 Å². The second-order valence-corrected chi connectivity index (χ2v) is 4.77. The number of ether oxygens (including phenoxy) is 3. The smallest absolute Gasteiger partial charge is 0.308 e. The third-order valence-electron chi connectivity index (χ3n) is 3.16. The predicted octanol–water partition coefficient (Wildman–Crippen LogP) is 0.977. The largest absolute Gasteiger partial charge is 0.493 e. The number of hydrogen-bond acceptors (Lipinski definition) is 6. The van der Waals surface area contributed by atoms with E-state index in [-0.39, 0.29) is 43.4 Å². The Morgan fingerprint density at radius 2 is 2.09 bits per heavy atom. The van der Waals surface area contributed by atoms with Gasteiger partial charge >= 0.3 is 5.97 Å². The summed E-state index contributed by atoms with van der Waals surface area (Å²) in [5.74, 6) is 0.186. The number of anilines is 1. The van der Waals surface area contributed by atoms with Crippen LogP contribution in [0.3, 0.4) is 0 Å². The summed E-state index contributed by atoms with van der Waals surface area (Å²) >= 11 is 0. The lowest BCUT2D eigenvalue weighted by Crippen LogP contribution is -2.48. The summed E-state index contributed by atoms with van der Waals surface area (Å²) in [5, 5.41) is 5.90. The van der Waals surface area contributed by atoms with Gasteiger partial charge in [0, 0.05) is 12.2 Å². The highest BCUT2D eigenvalue weighted by atomic mass is 35.5. The molecule has 0 bridgehead atoms. The molecule has 1 atom stereocenters. The zero-order valence-electron chi connectivity index (χ0n) is 12.9. The van der Waals surface area contributed by atoms with Gasteiger partial charge in [-0.1, -0.05) is 0 Å². The molecular formula is C15H21ClN2O5. The molecule has 1 aliphatic heterocycles. The molecule has 8 heteroatoms. The van der Waals surface area contributed by atoms with Gasteiger partial charge in [-0.3, -0.25) is 9.59 Å². The molecule has 1 aromatic rings. The van der Waals surface area contributed by atoms with Crippen molar-refractivity contribution in [3.05, 3.63) is 24.3 Å². The van der Waals surface area contributed by atoms with Crippen molar-refractivity contribution in [2.24, 2.45) is 0 Å². The van der Waals surface area contributed by atoms with Gasteiger partial charge in [0.25, 0.3) is 0 Å². The molecule has 2 N–H and O–H groups in total. The molecule has 1 unspecified atom stereocenters. The fourth-order valence-corrected chi connectivity index (χ4v) is 1.95. The van der Waals surface area contributed by atoms with Crippen LogP contribution in [0.5, 0.6) is 5.75 Å². The topological polar surface area (TPSA) is 85.9 Å². The first-order valence-corrected chi connectivity index (χ1v) is 7.10. The second kappa shape index (κ2) is 10.0. The van der Waals surface area contributed by atoms with Crippen molar-refractivity contribution in [1.29, 1.82) is 0 Å². The Labute approximate surface area is 141 Å². The average molecular weight is 345 g/mol. The van der Waals surface area contributed by atoms with Crippen molar-refractivity contribution in [2.75, 3.05) is 38.8 Å². The average Bonchev–Trinajstić information content (AvgIpc) is 2.57. The van der Waals surface area contributed by atoms with Crippen LogP contribution in [-0.4, -0.2) is 51.4 Å². The van der Waals surface area contributed by atoms with E-state index in [1.165, 1.54) is 7.11 Å². The second-order valence-electron chi connectivity index (χ2n) is 4.77. The predicted molar refractivity (Wildman–Crippen MR) is 87.1 cm³/mol. The summed E-state index contributed by atoms with van der Waals surface area (Å²) in [5.41, 5.74) is 0.678. The molecule has 128 valence electrons. The van der Waals surface area contributed by atoms with Gasteiger partial charge in [0.1, 0.15) is 11.8 Å². The first kappa shape index (κ1) is 19.2. The number of rotatable bonds is 6. The van der Waals surface area contributed by atoms with Crippen LogP contribution in [-0.2, 0) is 19.1 Å². The third kappa shape index (κ3) is 6.43. The molecule has 0 saturated carbocycles. The Hall–Kier alpha value is -1.83. The maximum absolute atomic E-state index is 12.0. The zero-order chi connectivity index (χ0) is 15.8. The van der Waals surface area contributed by atoms with E-state index >= 15 is 0 Å². The lowest BCUT2D eigenvalue weighted by molar-refractivity contribution is -0.141. The third-order valence-corrected chi connectivity index (χ3v) is 3.16. The van der Waals surface area contributed by atoms with Gasteiger partial charge < -0.3 is 24.8 Å². The molecule has 1 amide bonds. The summed E-state index contributed by atoms with van der Waals surface area (Å²) in [6.07, 6.45) is 0.197. The number of amides is 1. The molecule has 1 aromatic carbocycles. The number of morpholine rings is 1. The minimum atomic E-state index is -0.329. The Kier molecular flexibility index (Phi) is 8.39.